The van der Waals surface area contributed by atoms with Crippen LogP contribution in [0.5, 0.6) is 17.2 Å². The Kier molecular flexibility index (Phi) is 7.01. The Morgan fingerprint density at radius 2 is 1.95 bits per heavy atom. The summed E-state index contributed by atoms with van der Waals surface area (Å²) in [5.74, 6) is -0.487. The van der Waals surface area contributed by atoms with E-state index in [1.54, 1.807) is 31.2 Å². The van der Waals surface area contributed by atoms with Crippen LogP contribution in [0.25, 0.3) is 11.3 Å². The van der Waals surface area contributed by atoms with Gasteiger partial charge in [-0.05, 0) is 81.0 Å². The number of nitrogens with zero attached hydrogens (tertiary/aromatic N) is 1. The second-order valence-electron chi connectivity index (χ2n) is 11.4. The topological polar surface area (TPSA) is 133 Å². The number of fused-ring (bicyclic) bond motifs is 1. The monoisotopic (exact) mass is 595 g/mol. The Bertz CT molecular complexity index is 1590. The van der Waals surface area contributed by atoms with Crippen LogP contribution >= 0.6 is 11.6 Å². The van der Waals surface area contributed by atoms with E-state index in [1.165, 1.54) is 25.3 Å². The number of pyridine rings is 1. The molecule has 2 aliphatic carbocycles. The summed E-state index contributed by atoms with van der Waals surface area (Å²) in [4.78, 5) is 30.6. The Labute approximate surface area is 247 Å². The maximum atomic E-state index is 14.0. The van der Waals surface area contributed by atoms with Crippen LogP contribution in [-0.2, 0) is 15.8 Å². The van der Waals surface area contributed by atoms with E-state index in [9.17, 15) is 19.1 Å². The third kappa shape index (κ3) is 5.03. The molecule has 0 spiro atoms. The predicted octanol–water partition coefficient (Wildman–Crippen LogP) is 4.25. The Balaban J connectivity index is 1.35. The van der Waals surface area contributed by atoms with E-state index in [0.29, 0.717) is 46.8 Å². The average molecular weight is 596 g/mol. The first kappa shape index (κ1) is 28.2. The van der Waals surface area contributed by atoms with Gasteiger partial charge in [-0.25, -0.2) is 9.37 Å². The van der Waals surface area contributed by atoms with Crippen LogP contribution in [0.1, 0.15) is 54.2 Å². The van der Waals surface area contributed by atoms with Gasteiger partial charge in [-0.15, -0.1) is 0 Å². The van der Waals surface area contributed by atoms with Crippen LogP contribution in [0.3, 0.4) is 0 Å². The average Bonchev–Trinajstić information content (AvgIpc) is 3.92. The number of halogens is 2. The number of aromatic nitrogens is 1. The van der Waals surface area contributed by atoms with Gasteiger partial charge in [0.1, 0.15) is 34.9 Å². The molecule has 1 unspecified atom stereocenters. The number of aliphatic hydroxyl groups is 1. The lowest BCUT2D eigenvalue weighted by Crippen LogP contribution is -2.44. The van der Waals surface area contributed by atoms with Crippen LogP contribution < -0.4 is 25.3 Å². The molecule has 1 aliphatic heterocycles. The molecule has 2 saturated carbocycles. The molecule has 0 bridgehead atoms. The SMILES string of the molecule is COc1cc(C(=O)NCC(O)(c2cc3c(c(-c4ccc(F)c(Cl)c4)n2)OC[C@]3(C)C(N)=O)C2CC2)ccc1OC1CC1. The normalized spacial score (nSPS) is 20.7. The van der Waals surface area contributed by atoms with Crippen LogP contribution in [0.2, 0.25) is 5.02 Å². The first-order valence-electron chi connectivity index (χ1n) is 13.8. The molecule has 2 atom stereocenters. The lowest BCUT2D eigenvalue weighted by Gasteiger charge is -2.30. The van der Waals surface area contributed by atoms with Crippen LogP contribution in [-0.4, -0.2) is 48.3 Å². The molecule has 1 aromatic heterocycles. The van der Waals surface area contributed by atoms with Crippen molar-refractivity contribution in [2.75, 3.05) is 20.3 Å². The summed E-state index contributed by atoms with van der Waals surface area (Å²) in [5.41, 5.74) is 4.78. The summed E-state index contributed by atoms with van der Waals surface area (Å²) in [6.45, 7) is 1.49. The third-order valence-corrected chi connectivity index (χ3v) is 8.56. The van der Waals surface area contributed by atoms with Crippen molar-refractivity contribution >= 4 is 23.4 Å². The van der Waals surface area contributed by atoms with E-state index < -0.39 is 28.6 Å². The fourth-order valence-corrected chi connectivity index (χ4v) is 5.42. The van der Waals surface area contributed by atoms with Crippen molar-refractivity contribution in [1.82, 2.24) is 10.3 Å². The minimum atomic E-state index is -1.58. The van der Waals surface area contributed by atoms with Gasteiger partial charge in [0.25, 0.3) is 5.91 Å². The van der Waals surface area contributed by atoms with Crippen molar-refractivity contribution in [2.24, 2.45) is 11.7 Å². The number of hydrogen-bond acceptors (Lipinski definition) is 7. The molecule has 3 aromatic rings. The molecule has 0 saturated heterocycles. The number of ether oxygens (including phenoxy) is 3. The largest absolute Gasteiger partial charge is 0.493 e. The third-order valence-electron chi connectivity index (χ3n) is 8.27. The number of rotatable bonds is 10. The highest BCUT2D eigenvalue weighted by atomic mass is 35.5. The number of amides is 2. The maximum Gasteiger partial charge on any atom is 0.251 e. The number of methoxy groups -OCH3 is 1. The van der Waals surface area contributed by atoms with Crippen molar-refractivity contribution in [1.29, 1.82) is 0 Å². The lowest BCUT2D eigenvalue weighted by atomic mass is 9.81. The van der Waals surface area contributed by atoms with E-state index in [-0.39, 0.29) is 41.6 Å². The molecule has 9 nitrogen and oxygen atoms in total. The van der Waals surface area contributed by atoms with Gasteiger partial charge in [0.05, 0.1) is 30.5 Å². The van der Waals surface area contributed by atoms with Crippen molar-refractivity contribution in [3.05, 3.63) is 70.1 Å². The molecule has 3 aliphatic rings. The summed E-state index contributed by atoms with van der Waals surface area (Å²) in [6.07, 6.45) is 3.58. The molecule has 4 N–H and O–H groups in total. The molecule has 2 aromatic carbocycles. The number of hydrogen-bond donors (Lipinski definition) is 3. The van der Waals surface area contributed by atoms with E-state index in [0.717, 1.165) is 12.8 Å². The van der Waals surface area contributed by atoms with Crippen molar-refractivity contribution in [3.63, 3.8) is 0 Å². The van der Waals surface area contributed by atoms with Gasteiger partial charge in [0, 0.05) is 16.7 Å². The summed E-state index contributed by atoms with van der Waals surface area (Å²) < 4.78 is 31.2. The number of nitrogens with two attached hydrogens (primary N) is 1. The fourth-order valence-electron chi connectivity index (χ4n) is 5.24. The fraction of sp³-hybridized carbons (Fsp3) is 0.387. The van der Waals surface area contributed by atoms with E-state index in [1.807, 2.05) is 0 Å². The van der Waals surface area contributed by atoms with Crippen LogP contribution in [0.4, 0.5) is 4.39 Å². The number of nitrogens with one attached hydrogen (secondary N) is 1. The molecular weight excluding hydrogens is 565 g/mol. The summed E-state index contributed by atoms with van der Waals surface area (Å²) in [7, 11) is 1.51. The van der Waals surface area contributed by atoms with Crippen molar-refractivity contribution in [2.45, 2.75) is 49.7 Å². The van der Waals surface area contributed by atoms with Crippen LogP contribution in [0, 0.1) is 11.7 Å². The summed E-state index contributed by atoms with van der Waals surface area (Å²) in [6, 6.07) is 10.7. The number of carbonyl (C=O) groups is 2. The molecule has 11 heteroatoms. The Morgan fingerprint density at radius 1 is 1.19 bits per heavy atom. The smallest absolute Gasteiger partial charge is 0.251 e. The maximum absolute atomic E-state index is 14.0. The number of carbonyl (C=O) groups excluding carboxylic acids is 2. The highest BCUT2D eigenvalue weighted by Crippen LogP contribution is 2.50. The summed E-state index contributed by atoms with van der Waals surface area (Å²) in [5, 5.41) is 14.9. The molecule has 6 rings (SSSR count). The van der Waals surface area contributed by atoms with Gasteiger partial charge >= 0.3 is 0 Å². The quantitative estimate of drug-likeness (QED) is 0.319. The van der Waals surface area contributed by atoms with Gasteiger partial charge in [-0.3, -0.25) is 9.59 Å². The van der Waals surface area contributed by atoms with Gasteiger partial charge in [0.15, 0.2) is 11.5 Å². The number of primary amides is 1. The first-order valence-corrected chi connectivity index (χ1v) is 14.2. The second kappa shape index (κ2) is 10.4. The molecule has 2 fully saturated rings. The molecule has 2 heterocycles. The Hall–Kier alpha value is -3.89. The van der Waals surface area contributed by atoms with E-state index >= 15 is 0 Å². The summed E-state index contributed by atoms with van der Waals surface area (Å²) >= 11 is 6.08. The highest BCUT2D eigenvalue weighted by Gasteiger charge is 2.50. The zero-order chi connectivity index (χ0) is 29.8. The van der Waals surface area contributed by atoms with Gasteiger partial charge in [-0.1, -0.05) is 11.6 Å². The molecule has 42 heavy (non-hydrogen) atoms. The zero-order valence-corrected chi connectivity index (χ0v) is 24.0. The van der Waals surface area contributed by atoms with Crippen LogP contribution in [0.15, 0.2) is 42.5 Å². The lowest BCUT2D eigenvalue weighted by molar-refractivity contribution is -0.123. The van der Waals surface area contributed by atoms with Gasteiger partial charge in [-0.2, -0.15) is 0 Å². The van der Waals surface area contributed by atoms with E-state index in [4.69, 9.17) is 36.5 Å². The predicted molar refractivity (Wildman–Crippen MR) is 152 cm³/mol. The molecule has 0 radical (unpaired) electrons. The first-order chi connectivity index (χ1) is 20.0. The number of benzene rings is 2. The highest BCUT2D eigenvalue weighted by molar-refractivity contribution is 6.31. The minimum absolute atomic E-state index is 0.0222. The van der Waals surface area contributed by atoms with Gasteiger partial charge < -0.3 is 30.4 Å². The van der Waals surface area contributed by atoms with Crippen molar-refractivity contribution in [3.8, 4) is 28.5 Å². The molecule has 220 valence electrons. The molecular formula is C31H31ClFN3O6. The van der Waals surface area contributed by atoms with Gasteiger partial charge in [0.2, 0.25) is 5.91 Å². The zero-order valence-electron chi connectivity index (χ0n) is 23.2. The standard InChI is InChI=1S/C31H31ClFN3O6/c1-30(29(34)38)15-41-27-20(30)13-25(36-26(27)16-3-9-22(33)21(32)11-16)31(39,18-5-6-18)14-35-28(37)17-4-10-23(24(12-17)40-2)42-19-7-8-19/h3-4,9-13,18-19,39H,5-8,14-15H2,1-2H3,(H2,34,38)(H,35,37)/t30-,31?/m0/s1. The second-order valence-corrected chi connectivity index (χ2v) is 11.8. The molecule has 2 amide bonds. The Morgan fingerprint density at radius 3 is 2.60 bits per heavy atom. The van der Waals surface area contributed by atoms with Crippen molar-refractivity contribution < 1.29 is 33.3 Å². The minimum Gasteiger partial charge on any atom is -0.493 e. The van der Waals surface area contributed by atoms with E-state index in [2.05, 4.69) is 5.32 Å².